The lowest BCUT2D eigenvalue weighted by Crippen LogP contribution is -2.08. The van der Waals surface area contributed by atoms with Gasteiger partial charge in [-0.05, 0) is 35.9 Å². The Kier molecular flexibility index (Phi) is 8.86. The van der Waals surface area contributed by atoms with Crippen LogP contribution in [0.4, 0.5) is 5.69 Å². The summed E-state index contributed by atoms with van der Waals surface area (Å²) in [6.07, 6.45) is 8.17. The fourth-order valence-corrected chi connectivity index (χ4v) is 4.53. The Bertz CT molecular complexity index is 614. The summed E-state index contributed by atoms with van der Waals surface area (Å²) in [4.78, 5) is 3.48. The fourth-order valence-electron chi connectivity index (χ4n) is 2.81. The molecule has 0 atom stereocenters. The van der Waals surface area contributed by atoms with Crippen molar-refractivity contribution < 1.29 is 0 Å². The van der Waals surface area contributed by atoms with Crippen LogP contribution in [0, 0.1) is 0 Å². The third-order valence-corrected chi connectivity index (χ3v) is 6.02. The average molecular weight is 363 g/mol. The quantitative estimate of drug-likeness (QED) is 0.362. The van der Waals surface area contributed by atoms with Gasteiger partial charge in [0.25, 0.3) is 0 Å². The zero-order valence-corrected chi connectivity index (χ0v) is 16.8. The third kappa shape index (κ3) is 5.91. The number of nitrogens with one attached hydrogen (secondary N) is 1. The van der Waals surface area contributed by atoms with E-state index >= 15 is 0 Å². The van der Waals surface area contributed by atoms with Crippen LogP contribution < -0.4 is 9.03 Å². The second-order valence-corrected chi connectivity index (χ2v) is 8.33. The first-order valence-electron chi connectivity index (χ1n) is 8.96. The van der Waals surface area contributed by atoms with Crippen molar-refractivity contribution in [2.75, 3.05) is 24.7 Å². The number of anilines is 1. The molecule has 0 saturated heterocycles. The Balaban J connectivity index is 1.80. The van der Waals surface area contributed by atoms with E-state index in [9.17, 15) is 0 Å². The van der Waals surface area contributed by atoms with E-state index in [-0.39, 0.29) is 0 Å². The van der Waals surface area contributed by atoms with Gasteiger partial charge in [0.2, 0.25) is 0 Å². The zero-order chi connectivity index (χ0) is 17.2. The van der Waals surface area contributed by atoms with Crippen molar-refractivity contribution in [1.29, 1.82) is 0 Å². The molecule has 0 aromatic heterocycles. The van der Waals surface area contributed by atoms with Crippen LogP contribution in [0.2, 0.25) is 0 Å². The Morgan fingerprint density at radius 1 is 0.875 bits per heavy atom. The van der Waals surface area contributed by atoms with E-state index in [2.05, 4.69) is 66.4 Å². The monoisotopic (exact) mass is 362 g/mol. The van der Waals surface area contributed by atoms with Gasteiger partial charge in [0.1, 0.15) is 0 Å². The molecule has 4 heteroatoms. The van der Waals surface area contributed by atoms with Crippen molar-refractivity contribution in [1.82, 2.24) is 4.13 Å². The predicted molar refractivity (Wildman–Crippen MR) is 113 cm³/mol. The van der Waals surface area contributed by atoms with Gasteiger partial charge < -0.3 is 4.90 Å². The van der Waals surface area contributed by atoms with Crippen molar-refractivity contribution in [3.8, 4) is 0 Å². The van der Waals surface area contributed by atoms with Gasteiger partial charge in [0, 0.05) is 35.8 Å². The molecule has 2 nitrogen and oxygen atoms in total. The van der Waals surface area contributed by atoms with Gasteiger partial charge in [-0.2, -0.15) is 0 Å². The van der Waals surface area contributed by atoms with Crippen LogP contribution in [0.5, 0.6) is 0 Å². The first-order chi connectivity index (χ1) is 11.7. The van der Waals surface area contributed by atoms with Crippen molar-refractivity contribution in [3.63, 3.8) is 0 Å². The highest BCUT2D eigenvalue weighted by Crippen LogP contribution is 2.32. The molecule has 0 amide bonds. The lowest BCUT2D eigenvalue weighted by atomic mass is 10.1. The Hall–Kier alpha value is -0.840. The molecular formula is C20H30N2S2. The zero-order valence-electron chi connectivity index (χ0n) is 15.2. The highest BCUT2D eigenvalue weighted by Gasteiger charge is 2.06. The Morgan fingerprint density at radius 3 is 2.38 bits per heavy atom. The first kappa shape index (κ1) is 19.5. The highest BCUT2D eigenvalue weighted by molar-refractivity contribution is 8.12. The van der Waals surface area contributed by atoms with Crippen LogP contribution in [0.3, 0.4) is 0 Å². The van der Waals surface area contributed by atoms with E-state index < -0.39 is 0 Å². The van der Waals surface area contributed by atoms with Crippen LogP contribution in [-0.2, 0) is 0 Å². The molecule has 0 aliphatic heterocycles. The molecule has 0 heterocycles. The number of unbranched alkanes of at least 4 members (excludes halogenated alkanes) is 5. The van der Waals surface area contributed by atoms with Crippen LogP contribution in [0.1, 0.15) is 45.4 Å². The minimum absolute atomic E-state index is 1.19. The minimum atomic E-state index is 1.19. The molecule has 0 aliphatic carbocycles. The summed E-state index contributed by atoms with van der Waals surface area (Å²) in [6, 6.07) is 13.1. The van der Waals surface area contributed by atoms with E-state index in [1.54, 1.807) is 11.9 Å². The van der Waals surface area contributed by atoms with Crippen molar-refractivity contribution in [2.45, 2.75) is 50.3 Å². The van der Waals surface area contributed by atoms with Crippen LogP contribution in [0.15, 0.2) is 41.3 Å². The van der Waals surface area contributed by atoms with Gasteiger partial charge in [-0.25, -0.2) is 4.13 Å². The van der Waals surface area contributed by atoms with Gasteiger partial charge in [-0.1, -0.05) is 75.2 Å². The summed E-state index contributed by atoms with van der Waals surface area (Å²) < 4.78 is 3.46. The Labute approximate surface area is 156 Å². The number of benzene rings is 2. The minimum Gasteiger partial charge on any atom is -0.377 e. The maximum absolute atomic E-state index is 3.46. The molecular weight excluding hydrogens is 332 g/mol. The number of hydrogen-bond acceptors (Lipinski definition) is 4. The van der Waals surface area contributed by atoms with Gasteiger partial charge in [-0.3, -0.25) is 0 Å². The first-order valence-corrected chi connectivity index (χ1v) is 10.8. The number of nitrogens with zero attached hydrogens (tertiary/aromatic N) is 1. The molecule has 0 spiro atoms. The summed E-state index contributed by atoms with van der Waals surface area (Å²) in [6.45, 7) is 2.27. The fraction of sp³-hybridized carbons (Fsp3) is 0.500. The molecule has 24 heavy (non-hydrogen) atoms. The molecule has 0 fully saturated rings. The van der Waals surface area contributed by atoms with Crippen molar-refractivity contribution in [3.05, 3.63) is 36.4 Å². The molecule has 0 aliphatic rings. The summed E-state index contributed by atoms with van der Waals surface area (Å²) >= 11 is 3.57. The normalized spacial score (nSPS) is 11.1. The Morgan fingerprint density at radius 2 is 1.58 bits per heavy atom. The number of fused-ring (bicyclic) bond motifs is 1. The number of hydrogen-bond donors (Lipinski definition) is 1. The molecule has 0 bridgehead atoms. The summed E-state index contributed by atoms with van der Waals surface area (Å²) in [5.74, 6) is 1.19. The van der Waals surface area contributed by atoms with E-state index in [1.807, 2.05) is 11.9 Å². The van der Waals surface area contributed by atoms with E-state index in [1.165, 1.54) is 65.6 Å². The van der Waals surface area contributed by atoms with Crippen LogP contribution in [0.25, 0.3) is 10.8 Å². The molecule has 0 radical (unpaired) electrons. The van der Waals surface area contributed by atoms with Gasteiger partial charge >= 0.3 is 0 Å². The molecule has 2 aromatic rings. The summed E-state index contributed by atoms with van der Waals surface area (Å²) in [7, 11) is 4.20. The molecule has 2 aromatic carbocycles. The molecule has 2 rings (SSSR count). The molecule has 1 N–H and O–H groups in total. The maximum atomic E-state index is 3.46. The maximum Gasteiger partial charge on any atom is 0.0441 e. The van der Waals surface area contributed by atoms with Gasteiger partial charge in [-0.15, -0.1) is 0 Å². The van der Waals surface area contributed by atoms with E-state index in [0.29, 0.717) is 0 Å². The summed E-state index contributed by atoms with van der Waals surface area (Å²) in [5.41, 5.74) is 1.27. The highest BCUT2D eigenvalue weighted by atomic mass is 32.2. The van der Waals surface area contributed by atoms with Gasteiger partial charge in [0.15, 0.2) is 0 Å². The van der Waals surface area contributed by atoms with Crippen molar-refractivity contribution in [2.24, 2.45) is 0 Å². The SMILES string of the molecule is CCCCCCCCSNSc1cccc2c(N(C)C)cccc12. The third-order valence-electron chi connectivity index (χ3n) is 4.15. The molecule has 132 valence electrons. The van der Waals surface area contributed by atoms with Crippen LogP contribution in [-0.4, -0.2) is 19.8 Å². The second-order valence-electron chi connectivity index (χ2n) is 6.32. The lowest BCUT2D eigenvalue weighted by Gasteiger charge is -2.16. The number of rotatable bonds is 11. The van der Waals surface area contributed by atoms with Crippen LogP contribution >= 0.6 is 23.9 Å². The van der Waals surface area contributed by atoms with Gasteiger partial charge in [0.05, 0.1) is 0 Å². The second kappa shape index (κ2) is 10.9. The topological polar surface area (TPSA) is 15.3 Å². The standard InChI is InChI=1S/C20H30N2S2/c1-4-5-6-7-8-9-16-23-21-24-20-15-11-12-17-18(20)13-10-14-19(17)22(2)3/h10-15,21H,4-9,16H2,1-3H3. The molecule has 0 saturated carbocycles. The van der Waals surface area contributed by atoms with E-state index in [4.69, 9.17) is 0 Å². The van der Waals surface area contributed by atoms with Crippen molar-refractivity contribution >= 4 is 40.4 Å². The predicted octanol–water partition coefficient (Wildman–Crippen LogP) is 6.51. The van der Waals surface area contributed by atoms with E-state index in [0.717, 1.165) is 0 Å². The summed E-state index contributed by atoms with van der Waals surface area (Å²) in [5, 5.41) is 2.64. The smallest absolute Gasteiger partial charge is 0.0441 e. The molecule has 0 unspecified atom stereocenters. The average Bonchev–Trinajstić information content (AvgIpc) is 2.59. The lowest BCUT2D eigenvalue weighted by molar-refractivity contribution is 0.627. The largest absolute Gasteiger partial charge is 0.377 e.